The third kappa shape index (κ3) is 4.63. The average molecular weight is 567 g/mol. The Hall–Kier alpha value is -4.57. The van der Waals surface area contributed by atoms with E-state index in [9.17, 15) is 14.4 Å². The first-order valence-electron chi connectivity index (χ1n) is 13.6. The van der Waals surface area contributed by atoms with Crippen molar-refractivity contribution in [2.45, 2.75) is 46.1 Å². The van der Waals surface area contributed by atoms with Crippen LogP contribution in [0.3, 0.4) is 0 Å². The number of benzene rings is 1. The first kappa shape index (κ1) is 26.6. The van der Waals surface area contributed by atoms with Crippen molar-refractivity contribution in [3.63, 3.8) is 0 Å². The van der Waals surface area contributed by atoms with Crippen molar-refractivity contribution in [2.24, 2.45) is 0 Å². The second-order valence-corrected chi connectivity index (χ2v) is 11.6. The summed E-state index contributed by atoms with van der Waals surface area (Å²) in [6.07, 6.45) is 5.34. The topological polar surface area (TPSA) is 121 Å². The van der Waals surface area contributed by atoms with Crippen LogP contribution in [0.5, 0.6) is 0 Å². The third-order valence-electron chi connectivity index (χ3n) is 7.69. The van der Waals surface area contributed by atoms with Crippen LogP contribution in [0, 0.1) is 19.3 Å². The molecular weight excluding hydrogens is 536 g/mol. The van der Waals surface area contributed by atoms with E-state index in [0.717, 1.165) is 52.8 Å². The molecule has 0 aliphatic heterocycles. The largest absolute Gasteiger partial charge is 0.355 e. The molecule has 0 spiro atoms. The lowest BCUT2D eigenvalue weighted by Gasteiger charge is -2.16. The zero-order valence-electron chi connectivity index (χ0n) is 23.1. The summed E-state index contributed by atoms with van der Waals surface area (Å²) in [5.41, 5.74) is 4.79. The Bertz CT molecular complexity index is 1980. The average Bonchev–Trinajstić information content (AvgIpc) is 3.33. The third-order valence-corrected chi connectivity index (χ3v) is 8.90. The van der Waals surface area contributed by atoms with Crippen LogP contribution in [-0.2, 0) is 19.4 Å². The molecule has 1 aliphatic rings. The van der Waals surface area contributed by atoms with E-state index >= 15 is 0 Å². The van der Waals surface area contributed by atoms with E-state index in [2.05, 4.69) is 10.6 Å². The lowest BCUT2D eigenvalue weighted by Crippen LogP contribution is -2.32. The van der Waals surface area contributed by atoms with E-state index in [1.165, 1.54) is 21.8 Å². The van der Waals surface area contributed by atoms with Crippen LogP contribution in [0.25, 0.3) is 16.7 Å². The van der Waals surface area contributed by atoms with Crippen molar-refractivity contribution in [1.29, 1.82) is 5.41 Å². The second-order valence-electron chi connectivity index (χ2n) is 10.5. The highest BCUT2D eigenvalue weighted by Crippen LogP contribution is 2.38. The molecule has 0 saturated heterocycles. The molecule has 2 amide bonds. The number of nitrogens with one attached hydrogen (secondary N) is 3. The lowest BCUT2D eigenvalue weighted by atomic mass is 9.95. The molecule has 0 saturated carbocycles. The number of rotatable bonds is 5. The number of carbonyl (C=O) groups is 2. The Morgan fingerprint density at radius 2 is 1.80 bits per heavy atom. The molecular formula is C31H30N6O3S. The van der Waals surface area contributed by atoms with Crippen molar-refractivity contribution >= 4 is 44.8 Å². The first-order valence-corrected chi connectivity index (χ1v) is 14.4. The van der Waals surface area contributed by atoms with Gasteiger partial charge in [-0.05, 0) is 68.4 Å². The first-order chi connectivity index (χ1) is 19.8. The van der Waals surface area contributed by atoms with Gasteiger partial charge in [-0.3, -0.25) is 24.2 Å². The van der Waals surface area contributed by atoms with E-state index in [0.29, 0.717) is 21.9 Å². The van der Waals surface area contributed by atoms with E-state index in [4.69, 9.17) is 10.4 Å². The smallest absolute Gasteiger partial charge is 0.267 e. The highest BCUT2D eigenvalue weighted by atomic mass is 32.1. The maximum atomic E-state index is 13.8. The molecule has 0 atom stereocenters. The van der Waals surface area contributed by atoms with Gasteiger partial charge in [-0.2, -0.15) is 0 Å². The zero-order valence-corrected chi connectivity index (χ0v) is 23.9. The molecule has 0 radical (unpaired) electrons. The predicted molar refractivity (Wildman–Crippen MR) is 160 cm³/mol. The number of aromatic nitrogens is 3. The number of hydrogen-bond acceptors (Lipinski definition) is 6. The Kier molecular flexibility index (Phi) is 6.78. The summed E-state index contributed by atoms with van der Waals surface area (Å²) in [6, 6.07) is 13.0. The maximum absolute atomic E-state index is 13.8. The number of carbonyl (C=O) groups excluding carboxylic acids is 2. The molecule has 3 N–H and O–H groups in total. The number of hydrogen-bond donors (Lipinski definition) is 3. The monoisotopic (exact) mass is 566 g/mol. The van der Waals surface area contributed by atoms with Gasteiger partial charge in [0.15, 0.2) is 0 Å². The fraction of sp³-hybridized carbons (Fsp3) is 0.258. The Balaban J connectivity index is 1.54. The molecule has 4 aromatic heterocycles. The van der Waals surface area contributed by atoms with Gasteiger partial charge in [-0.15, -0.1) is 11.3 Å². The second kappa shape index (κ2) is 10.4. The molecule has 0 fully saturated rings. The number of aryl methyl sites for hydroxylation is 3. The molecule has 6 rings (SSSR count). The minimum Gasteiger partial charge on any atom is -0.355 e. The fourth-order valence-corrected chi connectivity index (χ4v) is 6.77. The van der Waals surface area contributed by atoms with Gasteiger partial charge in [0.1, 0.15) is 21.8 Å². The van der Waals surface area contributed by atoms with Gasteiger partial charge >= 0.3 is 0 Å². The lowest BCUT2D eigenvalue weighted by molar-refractivity contribution is 0.0963. The quantitative estimate of drug-likeness (QED) is 0.274. The Labute approximate surface area is 240 Å². The molecule has 10 heteroatoms. The normalized spacial score (nSPS) is 12.9. The summed E-state index contributed by atoms with van der Waals surface area (Å²) < 4.78 is 3.08. The highest BCUT2D eigenvalue weighted by Gasteiger charge is 2.27. The Morgan fingerprint density at radius 3 is 2.56 bits per heavy atom. The standard InChI is InChI=1S/C31H30N6O3S/c1-17-10-12-19(13-11-17)16-37-25(32)21(15-22-27(37)34-26-18(2)7-6-14-36(26)31(22)40)28(38)35-30-24(29(39)33-3)20-8-4-5-9-23(20)41-30/h6-7,10-15,32H,4-5,8-9,16H2,1-3H3,(H,33,39)(H,35,38). The van der Waals surface area contributed by atoms with Crippen LogP contribution in [0.2, 0.25) is 0 Å². The summed E-state index contributed by atoms with van der Waals surface area (Å²) in [6.45, 7) is 4.13. The van der Waals surface area contributed by atoms with Gasteiger partial charge in [0.25, 0.3) is 17.4 Å². The highest BCUT2D eigenvalue weighted by molar-refractivity contribution is 7.17. The Morgan fingerprint density at radius 1 is 1.05 bits per heavy atom. The van der Waals surface area contributed by atoms with Gasteiger partial charge in [-0.1, -0.05) is 35.9 Å². The van der Waals surface area contributed by atoms with E-state index in [1.54, 1.807) is 23.9 Å². The molecule has 1 aliphatic carbocycles. The van der Waals surface area contributed by atoms with Crippen LogP contribution in [0.4, 0.5) is 5.00 Å². The van der Waals surface area contributed by atoms with E-state index in [1.807, 2.05) is 44.2 Å². The van der Waals surface area contributed by atoms with E-state index in [-0.39, 0.29) is 34.4 Å². The summed E-state index contributed by atoms with van der Waals surface area (Å²) >= 11 is 1.41. The van der Waals surface area contributed by atoms with Crippen molar-refractivity contribution in [3.05, 3.63) is 103 Å². The summed E-state index contributed by atoms with van der Waals surface area (Å²) in [5, 5.41) is 15.5. The number of pyridine rings is 2. The maximum Gasteiger partial charge on any atom is 0.267 e. The number of amides is 2. The number of fused-ring (bicyclic) bond motifs is 3. The van der Waals surface area contributed by atoms with E-state index < -0.39 is 5.91 Å². The zero-order chi connectivity index (χ0) is 28.8. The van der Waals surface area contributed by atoms with Crippen LogP contribution in [0.15, 0.2) is 53.5 Å². The van der Waals surface area contributed by atoms with Gasteiger partial charge in [0, 0.05) is 18.1 Å². The number of nitrogens with zero attached hydrogens (tertiary/aromatic N) is 3. The van der Waals surface area contributed by atoms with Gasteiger partial charge < -0.3 is 15.2 Å². The molecule has 0 bridgehead atoms. The van der Waals surface area contributed by atoms with Gasteiger partial charge in [0.05, 0.1) is 23.1 Å². The van der Waals surface area contributed by atoms with Crippen LogP contribution < -0.4 is 21.7 Å². The van der Waals surface area contributed by atoms with Crippen molar-refractivity contribution in [3.8, 4) is 0 Å². The summed E-state index contributed by atoms with van der Waals surface area (Å²) in [7, 11) is 1.58. The summed E-state index contributed by atoms with van der Waals surface area (Å²) in [4.78, 5) is 46.3. The number of thiophene rings is 1. The van der Waals surface area contributed by atoms with Gasteiger partial charge in [0.2, 0.25) is 0 Å². The minimum absolute atomic E-state index is 0.0327. The SMILES string of the molecule is CNC(=O)c1c(NC(=O)c2cc3c(=O)n4cccc(C)c4nc3n(Cc3ccc(C)cc3)c2=N)sc2c1CCCC2. The van der Waals surface area contributed by atoms with Crippen LogP contribution in [0.1, 0.15) is 60.7 Å². The van der Waals surface area contributed by atoms with Crippen LogP contribution >= 0.6 is 11.3 Å². The molecule has 1 aromatic carbocycles. The predicted octanol–water partition coefficient (Wildman–Crippen LogP) is 4.35. The van der Waals surface area contributed by atoms with Gasteiger partial charge in [-0.25, -0.2) is 4.98 Å². The molecule has 5 aromatic rings. The molecule has 208 valence electrons. The molecule has 0 unspecified atom stereocenters. The van der Waals surface area contributed by atoms with Crippen molar-refractivity contribution in [2.75, 3.05) is 12.4 Å². The minimum atomic E-state index is -0.549. The summed E-state index contributed by atoms with van der Waals surface area (Å²) in [5.74, 6) is -0.796. The fourth-order valence-electron chi connectivity index (χ4n) is 5.49. The number of anilines is 1. The molecule has 41 heavy (non-hydrogen) atoms. The van der Waals surface area contributed by atoms with Crippen LogP contribution in [-0.4, -0.2) is 32.8 Å². The van der Waals surface area contributed by atoms with Crippen molar-refractivity contribution in [1.82, 2.24) is 19.3 Å². The van der Waals surface area contributed by atoms with Crippen molar-refractivity contribution < 1.29 is 9.59 Å². The molecule has 9 nitrogen and oxygen atoms in total. The molecule has 4 heterocycles.